The van der Waals surface area contributed by atoms with Crippen LogP contribution in [0.5, 0.6) is 11.5 Å². The van der Waals surface area contributed by atoms with Gasteiger partial charge in [-0.2, -0.15) is 0 Å². The largest absolute Gasteiger partial charge is 0.493 e. The molecule has 1 saturated heterocycles. The Morgan fingerprint density at radius 3 is 2.40 bits per heavy atom. The van der Waals surface area contributed by atoms with Crippen molar-refractivity contribution in [2.24, 2.45) is 0 Å². The van der Waals surface area contributed by atoms with E-state index in [1.165, 1.54) is 18.4 Å². The molecular weight excluding hydrogens is 318 g/mol. The average molecular weight is 347 g/mol. The van der Waals surface area contributed by atoms with Crippen molar-refractivity contribution in [3.05, 3.63) is 23.8 Å². The summed E-state index contributed by atoms with van der Waals surface area (Å²) in [7, 11) is 3.30. The lowest BCUT2D eigenvalue weighted by molar-refractivity contribution is 0.133. The maximum atomic E-state index is 12.3. The Labute approximate surface area is 150 Å². The molecule has 1 aromatic rings. The van der Waals surface area contributed by atoms with E-state index >= 15 is 0 Å². The monoisotopic (exact) mass is 347 g/mol. The lowest BCUT2D eigenvalue weighted by atomic mass is 10.1. The third kappa shape index (κ3) is 4.57. The first-order valence-corrected chi connectivity index (χ1v) is 9.18. The highest BCUT2D eigenvalue weighted by atomic mass is 16.5. The highest BCUT2D eigenvalue weighted by Gasteiger charge is 2.24. The second-order valence-corrected chi connectivity index (χ2v) is 6.88. The number of hydrogen-bond acceptors (Lipinski definition) is 4. The van der Waals surface area contributed by atoms with Crippen LogP contribution in [0.1, 0.15) is 31.2 Å². The molecule has 1 heterocycles. The Hall–Kier alpha value is -1.95. The van der Waals surface area contributed by atoms with Crippen molar-refractivity contribution >= 4 is 6.03 Å². The molecule has 1 aliphatic heterocycles. The quantitative estimate of drug-likeness (QED) is 0.889. The highest BCUT2D eigenvalue weighted by molar-refractivity contribution is 5.74. The van der Waals surface area contributed by atoms with E-state index in [1.807, 2.05) is 17.0 Å². The number of amides is 2. The van der Waals surface area contributed by atoms with Gasteiger partial charge in [0.25, 0.3) is 0 Å². The Kier molecular flexibility index (Phi) is 6.02. The minimum absolute atomic E-state index is 0.109. The first-order chi connectivity index (χ1) is 12.2. The number of nitrogens with zero attached hydrogens (tertiary/aromatic N) is 2. The molecule has 138 valence electrons. The van der Waals surface area contributed by atoms with E-state index in [9.17, 15) is 4.79 Å². The lowest BCUT2D eigenvalue weighted by Crippen LogP contribution is -2.52. The predicted octanol–water partition coefficient (Wildman–Crippen LogP) is 2.47. The number of rotatable bonds is 5. The molecule has 2 amide bonds. The summed E-state index contributed by atoms with van der Waals surface area (Å²) >= 11 is 0. The van der Waals surface area contributed by atoms with Crippen LogP contribution in [-0.2, 0) is 6.54 Å². The van der Waals surface area contributed by atoms with Crippen molar-refractivity contribution in [3.63, 3.8) is 0 Å². The standard InChI is InChI=1S/C19H29N3O3/c1-24-17-8-7-15(13-18(17)25-2)14-21-9-11-22(12-10-21)19(23)20-16-5-3-4-6-16/h7-8,13,16H,3-6,9-12,14H2,1-2H3,(H,20,23). The molecule has 6 heteroatoms. The van der Waals surface area contributed by atoms with E-state index in [4.69, 9.17) is 9.47 Å². The van der Waals surface area contributed by atoms with Gasteiger partial charge in [-0.15, -0.1) is 0 Å². The average Bonchev–Trinajstić information content (AvgIpc) is 3.15. The highest BCUT2D eigenvalue weighted by Crippen LogP contribution is 2.28. The number of carbonyl (C=O) groups excluding carboxylic acids is 1. The summed E-state index contributed by atoms with van der Waals surface area (Å²) in [6.07, 6.45) is 4.74. The minimum Gasteiger partial charge on any atom is -0.493 e. The summed E-state index contributed by atoms with van der Waals surface area (Å²) in [5, 5.41) is 3.18. The molecule has 2 fully saturated rings. The number of methoxy groups -OCH3 is 2. The molecule has 0 bridgehead atoms. The van der Waals surface area contributed by atoms with Gasteiger partial charge in [0.05, 0.1) is 14.2 Å². The Morgan fingerprint density at radius 2 is 1.76 bits per heavy atom. The summed E-state index contributed by atoms with van der Waals surface area (Å²) in [5.74, 6) is 1.51. The summed E-state index contributed by atoms with van der Waals surface area (Å²) in [5.41, 5.74) is 1.20. The minimum atomic E-state index is 0.109. The van der Waals surface area contributed by atoms with Gasteiger partial charge in [-0.1, -0.05) is 18.9 Å². The van der Waals surface area contributed by atoms with Crippen LogP contribution in [0.15, 0.2) is 18.2 Å². The summed E-state index contributed by atoms with van der Waals surface area (Å²) in [6.45, 7) is 4.22. The Bertz CT molecular complexity index is 579. The number of benzene rings is 1. The van der Waals surface area contributed by atoms with E-state index in [-0.39, 0.29) is 6.03 Å². The van der Waals surface area contributed by atoms with Gasteiger partial charge in [0, 0.05) is 38.8 Å². The molecular formula is C19H29N3O3. The molecule has 0 radical (unpaired) electrons. The topological polar surface area (TPSA) is 54.0 Å². The molecule has 2 aliphatic rings. The number of urea groups is 1. The van der Waals surface area contributed by atoms with Gasteiger partial charge < -0.3 is 19.7 Å². The van der Waals surface area contributed by atoms with E-state index in [0.29, 0.717) is 6.04 Å². The lowest BCUT2D eigenvalue weighted by Gasteiger charge is -2.35. The van der Waals surface area contributed by atoms with Crippen LogP contribution < -0.4 is 14.8 Å². The zero-order valence-electron chi connectivity index (χ0n) is 15.3. The van der Waals surface area contributed by atoms with E-state index in [2.05, 4.69) is 16.3 Å². The Balaban J connectivity index is 1.48. The Morgan fingerprint density at radius 1 is 1.08 bits per heavy atom. The van der Waals surface area contributed by atoms with Gasteiger partial charge >= 0.3 is 6.03 Å². The van der Waals surface area contributed by atoms with Gasteiger partial charge in [-0.3, -0.25) is 4.90 Å². The third-order valence-electron chi connectivity index (χ3n) is 5.20. The molecule has 6 nitrogen and oxygen atoms in total. The zero-order valence-corrected chi connectivity index (χ0v) is 15.3. The molecule has 3 rings (SSSR count). The van der Waals surface area contributed by atoms with E-state index in [0.717, 1.165) is 57.1 Å². The SMILES string of the molecule is COc1ccc(CN2CCN(C(=O)NC3CCCC3)CC2)cc1OC. The number of piperazine rings is 1. The van der Waals surface area contributed by atoms with Crippen LogP contribution in [0.3, 0.4) is 0 Å². The normalized spacial score (nSPS) is 19.0. The summed E-state index contributed by atoms with van der Waals surface area (Å²) < 4.78 is 10.7. The molecule has 0 unspecified atom stereocenters. The van der Waals surface area contributed by atoms with E-state index in [1.54, 1.807) is 14.2 Å². The fourth-order valence-electron chi connectivity index (χ4n) is 3.68. The van der Waals surface area contributed by atoms with Crippen LogP contribution >= 0.6 is 0 Å². The van der Waals surface area contributed by atoms with Crippen molar-refractivity contribution < 1.29 is 14.3 Å². The molecule has 1 aromatic carbocycles. The maximum absolute atomic E-state index is 12.3. The molecule has 1 N–H and O–H groups in total. The molecule has 1 aliphatic carbocycles. The smallest absolute Gasteiger partial charge is 0.317 e. The summed E-state index contributed by atoms with van der Waals surface area (Å²) in [6, 6.07) is 6.54. The van der Waals surface area contributed by atoms with Crippen LogP contribution in [0, 0.1) is 0 Å². The molecule has 0 spiro atoms. The molecule has 1 saturated carbocycles. The van der Waals surface area contributed by atoms with E-state index < -0.39 is 0 Å². The second kappa shape index (κ2) is 8.43. The van der Waals surface area contributed by atoms with Crippen molar-refractivity contribution in [3.8, 4) is 11.5 Å². The van der Waals surface area contributed by atoms with Crippen LogP contribution in [0.4, 0.5) is 4.79 Å². The maximum Gasteiger partial charge on any atom is 0.317 e. The van der Waals surface area contributed by atoms with Crippen molar-refractivity contribution in [1.82, 2.24) is 15.1 Å². The third-order valence-corrected chi connectivity index (χ3v) is 5.20. The van der Waals surface area contributed by atoms with Crippen LogP contribution in [0.2, 0.25) is 0 Å². The van der Waals surface area contributed by atoms with Crippen molar-refractivity contribution in [1.29, 1.82) is 0 Å². The van der Waals surface area contributed by atoms with Gasteiger partial charge in [0.15, 0.2) is 11.5 Å². The van der Waals surface area contributed by atoms with Gasteiger partial charge in [0.1, 0.15) is 0 Å². The van der Waals surface area contributed by atoms with Gasteiger partial charge in [-0.25, -0.2) is 4.79 Å². The van der Waals surface area contributed by atoms with Crippen LogP contribution in [0.25, 0.3) is 0 Å². The van der Waals surface area contributed by atoms with Crippen LogP contribution in [-0.4, -0.2) is 62.3 Å². The predicted molar refractivity (Wildman–Crippen MR) is 97.2 cm³/mol. The fraction of sp³-hybridized carbons (Fsp3) is 0.632. The number of ether oxygens (including phenoxy) is 2. The molecule has 0 atom stereocenters. The zero-order chi connectivity index (χ0) is 17.6. The van der Waals surface area contributed by atoms with Gasteiger partial charge in [0.2, 0.25) is 0 Å². The van der Waals surface area contributed by atoms with Gasteiger partial charge in [-0.05, 0) is 30.5 Å². The van der Waals surface area contributed by atoms with Crippen molar-refractivity contribution in [2.75, 3.05) is 40.4 Å². The fourth-order valence-corrected chi connectivity index (χ4v) is 3.68. The molecule has 0 aromatic heterocycles. The second-order valence-electron chi connectivity index (χ2n) is 6.88. The first kappa shape index (κ1) is 17.9. The number of carbonyl (C=O) groups is 1. The molecule has 25 heavy (non-hydrogen) atoms. The first-order valence-electron chi connectivity index (χ1n) is 9.18. The summed E-state index contributed by atoms with van der Waals surface area (Å²) in [4.78, 5) is 16.7. The number of nitrogens with one attached hydrogen (secondary N) is 1. The number of hydrogen-bond donors (Lipinski definition) is 1. The van der Waals surface area contributed by atoms with Crippen molar-refractivity contribution in [2.45, 2.75) is 38.3 Å².